The van der Waals surface area contributed by atoms with Crippen LogP contribution in [0.4, 0.5) is 0 Å². The van der Waals surface area contributed by atoms with E-state index in [2.05, 4.69) is 24.4 Å². The van der Waals surface area contributed by atoms with Crippen LogP contribution in [0.3, 0.4) is 0 Å². The van der Waals surface area contributed by atoms with Gasteiger partial charge in [0.25, 0.3) is 0 Å². The highest BCUT2D eigenvalue weighted by Gasteiger charge is 2.12. The maximum Gasteiger partial charge on any atom is 0.0409 e. The molecule has 0 amide bonds. The van der Waals surface area contributed by atoms with Crippen LogP contribution in [0.2, 0.25) is 10.0 Å². The molecule has 2 aromatic carbocycles. The monoisotopic (exact) mass is 307 g/mol. The first-order chi connectivity index (χ1) is 9.69. The van der Waals surface area contributed by atoms with Gasteiger partial charge in [0.2, 0.25) is 0 Å². The molecule has 2 aromatic rings. The number of benzene rings is 2. The maximum absolute atomic E-state index is 6.10. The van der Waals surface area contributed by atoms with Crippen LogP contribution >= 0.6 is 23.2 Å². The van der Waals surface area contributed by atoms with E-state index in [1.54, 1.807) is 0 Å². The van der Waals surface area contributed by atoms with Crippen LogP contribution in [-0.4, -0.2) is 6.54 Å². The molecule has 0 spiro atoms. The minimum atomic E-state index is 0.257. The first-order valence-corrected chi connectivity index (χ1v) is 7.68. The number of halogens is 2. The van der Waals surface area contributed by atoms with Gasteiger partial charge in [0, 0.05) is 16.1 Å². The zero-order chi connectivity index (χ0) is 14.4. The summed E-state index contributed by atoms with van der Waals surface area (Å²) in [5.74, 6) is 0. The summed E-state index contributed by atoms with van der Waals surface area (Å²) in [5, 5.41) is 5.13. The van der Waals surface area contributed by atoms with Crippen LogP contribution < -0.4 is 5.32 Å². The van der Waals surface area contributed by atoms with Crippen LogP contribution in [0, 0.1) is 0 Å². The Bertz CT molecular complexity index is 554. The van der Waals surface area contributed by atoms with Crippen LogP contribution in [0.25, 0.3) is 0 Å². The highest BCUT2D eigenvalue weighted by molar-refractivity contribution is 6.30. The molecule has 20 heavy (non-hydrogen) atoms. The number of hydrogen-bond acceptors (Lipinski definition) is 1. The fraction of sp³-hybridized carbons (Fsp3) is 0.294. The van der Waals surface area contributed by atoms with Gasteiger partial charge in [0.05, 0.1) is 0 Å². The van der Waals surface area contributed by atoms with Crippen molar-refractivity contribution < 1.29 is 0 Å². The molecule has 0 heterocycles. The standard InChI is InChI=1S/C17H19Cl2N/c1-2-9-20-17(14-6-4-8-16(19)12-14)11-13-5-3-7-15(18)10-13/h3-8,10,12,17,20H,2,9,11H2,1H3. The summed E-state index contributed by atoms with van der Waals surface area (Å²) in [7, 11) is 0. The lowest BCUT2D eigenvalue weighted by molar-refractivity contribution is 0.529. The quantitative estimate of drug-likeness (QED) is 0.766. The fourth-order valence-electron chi connectivity index (χ4n) is 2.25. The minimum Gasteiger partial charge on any atom is -0.310 e. The summed E-state index contributed by atoms with van der Waals surface area (Å²) in [6, 6.07) is 16.3. The third-order valence-electron chi connectivity index (χ3n) is 3.22. The summed E-state index contributed by atoms with van der Waals surface area (Å²) >= 11 is 12.2. The predicted octanol–water partition coefficient (Wildman–Crippen LogP) is 5.28. The molecule has 0 saturated carbocycles. The maximum atomic E-state index is 6.10. The van der Waals surface area contributed by atoms with Crippen molar-refractivity contribution in [3.8, 4) is 0 Å². The third-order valence-corrected chi connectivity index (χ3v) is 3.69. The predicted molar refractivity (Wildman–Crippen MR) is 87.6 cm³/mol. The Kier molecular flexibility index (Phi) is 5.90. The molecule has 1 atom stereocenters. The number of nitrogens with one attached hydrogen (secondary N) is 1. The number of hydrogen-bond donors (Lipinski definition) is 1. The molecule has 0 saturated heterocycles. The second-order valence-corrected chi connectivity index (χ2v) is 5.77. The Morgan fingerprint density at radius 3 is 2.35 bits per heavy atom. The van der Waals surface area contributed by atoms with E-state index >= 15 is 0 Å². The van der Waals surface area contributed by atoms with E-state index < -0.39 is 0 Å². The summed E-state index contributed by atoms with van der Waals surface area (Å²) in [6.45, 7) is 3.15. The third kappa shape index (κ3) is 4.52. The summed E-state index contributed by atoms with van der Waals surface area (Å²) < 4.78 is 0. The largest absolute Gasteiger partial charge is 0.310 e. The molecule has 3 heteroatoms. The fourth-order valence-corrected chi connectivity index (χ4v) is 2.66. The van der Waals surface area contributed by atoms with Crippen LogP contribution in [0.15, 0.2) is 48.5 Å². The van der Waals surface area contributed by atoms with Gasteiger partial charge in [-0.05, 0) is 54.8 Å². The van der Waals surface area contributed by atoms with Crippen LogP contribution in [-0.2, 0) is 6.42 Å². The zero-order valence-electron chi connectivity index (χ0n) is 11.6. The molecule has 1 unspecified atom stereocenters. The van der Waals surface area contributed by atoms with E-state index in [1.165, 1.54) is 11.1 Å². The van der Waals surface area contributed by atoms with Gasteiger partial charge in [-0.3, -0.25) is 0 Å². The first kappa shape index (κ1) is 15.4. The van der Waals surface area contributed by atoms with Crippen molar-refractivity contribution in [1.82, 2.24) is 5.32 Å². The minimum absolute atomic E-state index is 0.257. The average molecular weight is 308 g/mol. The van der Waals surface area contributed by atoms with E-state index in [1.807, 2.05) is 36.4 Å². The molecule has 0 aromatic heterocycles. The highest BCUT2D eigenvalue weighted by atomic mass is 35.5. The summed E-state index contributed by atoms with van der Waals surface area (Å²) in [5.41, 5.74) is 2.44. The Balaban J connectivity index is 2.19. The lowest BCUT2D eigenvalue weighted by atomic mass is 9.99. The van der Waals surface area contributed by atoms with Gasteiger partial charge in [-0.15, -0.1) is 0 Å². The molecule has 0 aliphatic carbocycles. The van der Waals surface area contributed by atoms with Crippen molar-refractivity contribution >= 4 is 23.2 Å². The van der Waals surface area contributed by atoms with Gasteiger partial charge in [-0.1, -0.05) is 54.4 Å². The second kappa shape index (κ2) is 7.68. The van der Waals surface area contributed by atoms with Gasteiger partial charge in [-0.2, -0.15) is 0 Å². The molecule has 0 aliphatic heterocycles. The van der Waals surface area contributed by atoms with Crippen molar-refractivity contribution in [2.45, 2.75) is 25.8 Å². The van der Waals surface area contributed by atoms with Crippen molar-refractivity contribution in [3.63, 3.8) is 0 Å². The van der Waals surface area contributed by atoms with Crippen molar-refractivity contribution in [2.75, 3.05) is 6.54 Å². The van der Waals surface area contributed by atoms with Crippen molar-refractivity contribution in [2.24, 2.45) is 0 Å². The van der Waals surface area contributed by atoms with Gasteiger partial charge < -0.3 is 5.32 Å². The average Bonchev–Trinajstić information content (AvgIpc) is 2.43. The molecule has 0 aliphatic rings. The highest BCUT2D eigenvalue weighted by Crippen LogP contribution is 2.23. The van der Waals surface area contributed by atoms with Gasteiger partial charge in [-0.25, -0.2) is 0 Å². The lowest BCUT2D eigenvalue weighted by Gasteiger charge is -2.19. The first-order valence-electron chi connectivity index (χ1n) is 6.92. The van der Waals surface area contributed by atoms with E-state index in [4.69, 9.17) is 23.2 Å². The Labute approximate surface area is 130 Å². The molecule has 106 valence electrons. The van der Waals surface area contributed by atoms with Crippen molar-refractivity contribution in [1.29, 1.82) is 0 Å². The zero-order valence-corrected chi connectivity index (χ0v) is 13.1. The van der Waals surface area contributed by atoms with Crippen LogP contribution in [0.5, 0.6) is 0 Å². The molecular weight excluding hydrogens is 289 g/mol. The lowest BCUT2D eigenvalue weighted by Crippen LogP contribution is -2.24. The van der Waals surface area contributed by atoms with Gasteiger partial charge >= 0.3 is 0 Å². The van der Waals surface area contributed by atoms with Gasteiger partial charge in [0.15, 0.2) is 0 Å². The molecule has 1 nitrogen and oxygen atoms in total. The molecular formula is C17H19Cl2N. The molecule has 1 N–H and O–H groups in total. The topological polar surface area (TPSA) is 12.0 Å². The van der Waals surface area contributed by atoms with E-state index in [0.717, 1.165) is 29.4 Å². The van der Waals surface area contributed by atoms with E-state index in [0.29, 0.717) is 0 Å². The number of rotatable bonds is 6. The molecule has 0 radical (unpaired) electrons. The molecule has 0 fully saturated rings. The smallest absolute Gasteiger partial charge is 0.0409 e. The van der Waals surface area contributed by atoms with Crippen molar-refractivity contribution in [3.05, 3.63) is 69.7 Å². The molecule has 0 bridgehead atoms. The second-order valence-electron chi connectivity index (χ2n) is 4.90. The Morgan fingerprint density at radius 2 is 1.70 bits per heavy atom. The SMILES string of the molecule is CCCNC(Cc1cccc(Cl)c1)c1cccc(Cl)c1. The summed E-state index contributed by atoms with van der Waals surface area (Å²) in [6.07, 6.45) is 2.01. The normalized spacial score (nSPS) is 12.3. The van der Waals surface area contributed by atoms with E-state index in [-0.39, 0.29) is 6.04 Å². The Hall–Kier alpha value is -1.02. The molecule has 2 rings (SSSR count). The summed E-state index contributed by atoms with van der Waals surface area (Å²) in [4.78, 5) is 0. The van der Waals surface area contributed by atoms with E-state index in [9.17, 15) is 0 Å². The van der Waals surface area contributed by atoms with Crippen LogP contribution in [0.1, 0.15) is 30.5 Å². The van der Waals surface area contributed by atoms with Gasteiger partial charge in [0.1, 0.15) is 0 Å². The Morgan fingerprint density at radius 1 is 1.00 bits per heavy atom.